The molecule has 5 atom stereocenters. The summed E-state index contributed by atoms with van der Waals surface area (Å²) in [5.41, 5.74) is 3.43. The average molecular weight is 554 g/mol. The Morgan fingerprint density at radius 2 is 2.00 bits per heavy atom. The number of carbonyl (C=O) groups is 1. The quantitative estimate of drug-likeness (QED) is 0.100. The number of hydrogen-bond acceptors (Lipinski definition) is 11. The number of azide groups is 1. The highest BCUT2D eigenvalue weighted by atomic mass is 31.2. The van der Waals surface area contributed by atoms with Crippen molar-refractivity contribution in [1.29, 1.82) is 0 Å². The van der Waals surface area contributed by atoms with Gasteiger partial charge in [0.25, 0.3) is 5.56 Å². The van der Waals surface area contributed by atoms with E-state index < -0.39 is 61.3 Å². The number of ether oxygens (including phenoxy) is 2. The molecule has 1 aromatic carbocycles. The monoisotopic (exact) mass is 554 g/mol. The van der Waals surface area contributed by atoms with Crippen LogP contribution < -0.4 is 20.9 Å². The molecule has 2 aromatic rings. The van der Waals surface area contributed by atoms with Gasteiger partial charge in [0.15, 0.2) is 6.23 Å². The summed E-state index contributed by atoms with van der Waals surface area (Å²) in [6, 6.07) is 8.74. The number of benzene rings is 1. The van der Waals surface area contributed by atoms with E-state index in [0.717, 1.165) is 16.8 Å². The van der Waals surface area contributed by atoms with Crippen LogP contribution in [0.1, 0.15) is 27.0 Å². The minimum atomic E-state index is -4.54. The maximum atomic E-state index is 13.8. The minimum absolute atomic E-state index is 0.0398. The van der Waals surface area contributed by atoms with Crippen molar-refractivity contribution in [2.24, 2.45) is 5.11 Å². The number of esters is 1. The van der Waals surface area contributed by atoms with Crippen LogP contribution in [0.4, 0.5) is 0 Å². The first-order chi connectivity index (χ1) is 17.9. The highest BCUT2D eigenvalue weighted by molar-refractivity contribution is 7.52. The van der Waals surface area contributed by atoms with E-state index in [-0.39, 0.29) is 12.4 Å². The fourth-order valence-corrected chi connectivity index (χ4v) is 5.20. The van der Waals surface area contributed by atoms with Crippen LogP contribution in [0.25, 0.3) is 10.4 Å². The number of aliphatic hydroxyl groups excluding tert-OH is 2. The molecule has 1 unspecified atom stereocenters. The van der Waals surface area contributed by atoms with Gasteiger partial charge >= 0.3 is 19.4 Å². The Balaban J connectivity index is 1.95. The molecule has 16 nitrogen and oxygen atoms in total. The van der Waals surface area contributed by atoms with Crippen molar-refractivity contribution in [2.45, 2.75) is 50.5 Å². The zero-order valence-corrected chi connectivity index (χ0v) is 21.5. The van der Waals surface area contributed by atoms with E-state index in [1.54, 1.807) is 25.1 Å². The summed E-state index contributed by atoms with van der Waals surface area (Å²) >= 11 is 0. The molecule has 4 N–H and O–H groups in total. The average Bonchev–Trinajstić information content (AvgIpc) is 3.09. The molecule has 3 rings (SSSR count). The largest absolute Gasteiger partial charge is 0.465 e. The van der Waals surface area contributed by atoms with Crippen LogP contribution in [-0.2, 0) is 23.4 Å². The molecule has 1 aliphatic heterocycles. The van der Waals surface area contributed by atoms with Gasteiger partial charge in [-0.15, -0.1) is 0 Å². The van der Waals surface area contributed by atoms with E-state index in [9.17, 15) is 29.2 Å². The van der Waals surface area contributed by atoms with Gasteiger partial charge < -0.3 is 24.2 Å². The number of H-pyrrole nitrogens is 1. The van der Waals surface area contributed by atoms with Crippen molar-refractivity contribution in [2.75, 3.05) is 13.2 Å². The molecule has 0 radical (unpaired) electrons. The van der Waals surface area contributed by atoms with Gasteiger partial charge in [-0.2, -0.15) is 5.09 Å². The number of aromatic amines is 1. The standard InChI is InChI=1S/C21H27N6O10P/c1-4-34-18(31)20(2,3)25-38(33,37-13-8-6-5-7-9-13)35-12-21(24-26-22)16(30)15(29)17(36-21)27-11-10-14(28)23-19(27)32/h5-11,15-17,29-30H,4,12H2,1-3H3,(H,25,33)(H,23,28,32)/t15-,16+,17+,21+,38?/m0/s1. The van der Waals surface area contributed by atoms with Crippen LogP contribution in [0.3, 0.4) is 0 Å². The summed E-state index contributed by atoms with van der Waals surface area (Å²) in [7, 11) is -4.54. The third kappa shape index (κ3) is 6.31. The van der Waals surface area contributed by atoms with E-state index in [4.69, 9.17) is 24.1 Å². The van der Waals surface area contributed by atoms with Gasteiger partial charge in [-0.1, -0.05) is 23.3 Å². The fraction of sp³-hybridized carbons (Fsp3) is 0.476. The Morgan fingerprint density at radius 1 is 1.32 bits per heavy atom. The summed E-state index contributed by atoms with van der Waals surface area (Å²) in [4.78, 5) is 40.7. The maximum Gasteiger partial charge on any atom is 0.459 e. The molecule has 1 saturated heterocycles. The molecule has 2 heterocycles. The minimum Gasteiger partial charge on any atom is -0.465 e. The second kappa shape index (κ2) is 11.5. The molecule has 1 fully saturated rings. The zero-order chi connectivity index (χ0) is 28.1. The van der Waals surface area contributed by atoms with Gasteiger partial charge in [0.2, 0.25) is 5.72 Å². The molecule has 206 valence electrons. The predicted molar refractivity (Wildman–Crippen MR) is 130 cm³/mol. The van der Waals surface area contributed by atoms with Crippen molar-refractivity contribution in [3.05, 3.63) is 73.9 Å². The van der Waals surface area contributed by atoms with Crippen molar-refractivity contribution in [1.82, 2.24) is 14.6 Å². The predicted octanol–water partition coefficient (Wildman–Crippen LogP) is 0.929. The highest BCUT2D eigenvalue weighted by Gasteiger charge is 2.56. The van der Waals surface area contributed by atoms with E-state index in [0.29, 0.717) is 0 Å². The molecule has 0 bridgehead atoms. The summed E-state index contributed by atoms with van der Waals surface area (Å²) in [5.74, 6) is -0.707. The van der Waals surface area contributed by atoms with Crippen LogP contribution >= 0.6 is 7.75 Å². The topological polar surface area (TPSA) is 227 Å². The van der Waals surface area contributed by atoms with Gasteiger partial charge in [0.1, 0.15) is 23.5 Å². The van der Waals surface area contributed by atoms with Crippen molar-refractivity contribution in [3.8, 4) is 5.75 Å². The molecule has 0 saturated carbocycles. The number of hydrogen-bond donors (Lipinski definition) is 4. The number of aliphatic hydroxyl groups is 2. The van der Waals surface area contributed by atoms with Crippen molar-refractivity contribution in [3.63, 3.8) is 0 Å². The lowest BCUT2D eigenvalue weighted by atomic mass is 10.1. The molecule has 38 heavy (non-hydrogen) atoms. The molecular formula is C21H27N6O10P. The Morgan fingerprint density at radius 3 is 2.61 bits per heavy atom. The lowest BCUT2D eigenvalue weighted by Crippen LogP contribution is -2.49. The first kappa shape index (κ1) is 29.1. The first-order valence-corrected chi connectivity index (χ1v) is 12.8. The van der Waals surface area contributed by atoms with Crippen LogP contribution in [0, 0.1) is 0 Å². The highest BCUT2D eigenvalue weighted by Crippen LogP contribution is 2.49. The number of nitrogens with one attached hydrogen (secondary N) is 2. The van der Waals surface area contributed by atoms with Crippen LogP contribution in [0.15, 0.2) is 57.3 Å². The Labute approximate surface area is 215 Å². The molecule has 1 aliphatic rings. The van der Waals surface area contributed by atoms with Crippen molar-refractivity contribution >= 4 is 13.7 Å². The van der Waals surface area contributed by atoms with Gasteiger partial charge in [0.05, 0.1) is 13.2 Å². The lowest BCUT2D eigenvalue weighted by molar-refractivity contribution is -0.149. The lowest BCUT2D eigenvalue weighted by Gasteiger charge is -2.32. The van der Waals surface area contributed by atoms with E-state index in [1.165, 1.54) is 26.0 Å². The first-order valence-electron chi connectivity index (χ1n) is 11.2. The van der Waals surface area contributed by atoms with Crippen LogP contribution in [0.5, 0.6) is 5.75 Å². The Bertz CT molecular complexity index is 1360. The smallest absolute Gasteiger partial charge is 0.459 e. The molecule has 0 spiro atoms. The Kier molecular flexibility index (Phi) is 8.79. The van der Waals surface area contributed by atoms with Gasteiger partial charge in [-0.3, -0.25) is 23.7 Å². The van der Waals surface area contributed by atoms with E-state index in [1.807, 2.05) is 4.98 Å². The zero-order valence-electron chi connectivity index (χ0n) is 20.6. The second-order valence-corrected chi connectivity index (χ2v) is 10.3. The molecular weight excluding hydrogens is 527 g/mol. The number of aromatic nitrogens is 2. The third-order valence-electron chi connectivity index (χ3n) is 5.35. The van der Waals surface area contributed by atoms with Crippen LogP contribution in [0.2, 0.25) is 0 Å². The second-order valence-electron chi connectivity index (χ2n) is 8.63. The molecule has 0 amide bonds. The van der Waals surface area contributed by atoms with Crippen molar-refractivity contribution < 1.29 is 38.1 Å². The van der Waals surface area contributed by atoms with Gasteiger partial charge in [-0.05, 0) is 38.4 Å². The van der Waals surface area contributed by atoms with Crippen LogP contribution in [-0.4, -0.2) is 62.4 Å². The third-order valence-corrected chi connectivity index (χ3v) is 7.11. The number of rotatable bonds is 11. The van der Waals surface area contributed by atoms with E-state index in [2.05, 4.69) is 15.1 Å². The molecule has 0 aliphatic carbocycles. The fourth-order valence-electron chi connectivity index (χ4n) is 3.51. The maximum absolute atomic E-state index is 13.8. The van der Waals surface area contributed by atoms with Gasteiger partial charge in [-0.25, -0.2) is 9.36 Å². The number of nitrogens with zero attached hydrogens (tertiary/aromatic N) is 4. The summed E-state index contributed by atoms with van der Waals surface area (Å²) in [6.45, 7) is 3.38. The summed E-state index contributed by atoms with van der Waals surface area (Å²) < 4.78 is 36.2. The SMILES string of the molecule is CCOC(=O)C(C)(C)NP(=O)(OC[C@@]1(N=[N+]=[N-])O[C@@H](n2ccc(=O)[nH]c2=O)[C@@H](O)[C@H]1O)Oc1ccccc1. The molecule has 17 heteroatoms. The van der Waals surface area contributed by atoms with Gasteiger partial charge in [0, 0.05) is 17.2 Å². The summed E-state index contributed by atoms with van der Waals surface area (Å²) in [6.07, 6.45) is -4.49. The summed E-state index contributed by atoms with van der Waals surface area (Å²) in [5, 5.41) is 27.3. The number of para-hydroxylation sites is 1. The molecule has 1 aromatic heterocycles. The van der Waals surface area contributed by atoms with E-state index >= 15 is 0 Å². The number of carbonyl (C=O) groups excluding carboxylic acids is 1. The Hall–Kier alpha value is -3.49. The normalized spacial score (nSPS) is 24.7.